The fourth-order valence-corrected chi connectivity index (χ4v) is 5.01. The monoisotopic (exact) mass is 437 g/mol. The van der Waals surface area contributed by atoms with Crippen LogP contribution in [0.4, 0.5) is 10.1 Å². The number of amides is 1. The van der Waals surface area contributed by atoms with Crippen molar-refractivity contribution < 1.29 is 9.18 Å². The van der Waals surface area contributed by atoms with E-state index in [1.807, 2.05) is 12.1 Å². The van der Waals surface area contributed by atoms with Gasteiger partial charge in [0, 0.05) is 31.2 Å². The number of hydrogen-bond donors (Lipinski definition) is 1. The minimum absolute atomic E-state index is 0.00840. The molecule has 1 amide bonds. The third-order valence-corrected chi connectivity index (χ3v) is 7.05. The summed E-state index contributed by atoms with van der Waals surface area (Å²) in [6.07, 6.45) is 4.32. The molecule has 0 unspecified atom stereocenters. The average molecular weight is 438 g/mol. The number of hydrogen-bond acceptors (Lipinski definition) is 3. The number of carbonyl (C=O) groups excluding carboxylic acids is 1. The molecule has 2 fully saturated rings. The highest BCUT2D eigenvalue weighted by Gasteiger charge is 2.26. The lowest BCUT2D eigenvalue weighted by molar-refractivity contribution is -0.127. The Morgan fingerprint density at radius 2 is 1.72 bits per heavy atom. The zero-order valence-electron chi connectivity index (χ0n) is 19.4. The summed E-state index contributed by atoms with van der Waals surface area (Å²) in [6, 6.07) is 15.4. The molecule has 32 heavy (non-hydrogen) atoms. The number of piperidine rings is 2. The number of likely N-dealkylation sites (tertiary alicyclic amines) is 1. The SMILES string of the molecule is C[C@@H]1CCCN(c2ccc([C@@H](C)NC(=O)C3CCN(Cc4ccc(F)cc4)CC3)cc2)C1. The van der Waals surface area contributed by atoms with Crippen LogP contribution in [0.3, 0.4) is 0 Å². The van der Waals surface area contributed by atoms with Crippen molar-refractivity contribution >= 4 is 11.6 Å². The van der Waals surface area contributed by atoms with E-state index >= 15 is 0 Å². The Labute approximate surface area is 191 Å². The first-order valence-electron chi connectivity index (χ1n) is 12.1. The maximum absolute atomic E-state index is 13.1. The Balaban J connectivity index is 1.24. The van der Waals surface area contributed by atoms with Crippen molar-refractivity contribution in [2.45, 2.75) is 52.1 Å². The predicted molar refractivity (Wildman–Crippen MR) is 128 cm³/mol. The molecule has 2 aliphatic heterocycles. The van der Waals surface area contributed by atoms with Gasteiger partial charge in [-0.1, -0.05) is 31.2 Å². The van der Waals surface area contributed by atoms with Gasteiger partial charge in [0.25, 0.3) is 0 Å². The van der Waals surface area contributed by atoms with E-state index in [0.717, 1.165) is 62.6 Å². The summed E-state index contributed by atoms with van der Waals surface area (Å²) in [5, 5.41) is 3.23. The van der Waals surface area contributed by atoms with E-state index in [4.69, 9.17) is 0 Å². The van der Waals surface area contributed by atoms with Crippen LogP contribution >= 0.6 is 0 Å². The smallest absolute Gasteiger partial charge is 0.223 e. The van der Waals surface area contributed by atoms with Crippen molar-refractivity contribution in [3.8, 4) is 0 Å². The molecular weight excluding hydrogens is 401 g/mol. The van der Waals surface area contributed by atoms with Crippen LogP contribution in [0.25, 0.3) is 0 Å². The van der Waals surface area contributed by atoms with E-state index in [9.17, 15) is 9.18 Å². The molecule has 4 nitrogen and oxygen atoms in total. The molecule has 0 bridgehead atoms. The Hall–Kier alpha value is -2.40. The maximum atomic E-state index is 13.1. The summed E-state index contributed by atoms with van der Waals surface area (Å²) in [5.41, 5.74) is 3.55. The first-order valence-corrected chi connectivity index (χ1v) is 12.1. The van der Waals surface area contributed by atoms with Crippen LogP contribution in [-0.2, 0) is 11.3 Å². The Morgan fingerprint density at radius 1 is 1.03 bits per heavy atom. The zero-order valence-corrected chi connectivity index (χ0v) is 19.4. The van der Waals surface area contributed by atoms with Crippen LogP contribution in [0.1, 0.15) is 56.7 Å². The van der Waals surface area contributed by atoms with Gasteiger partial charge in [0.1, 0.15) is 5.82 Å². The number of anilines is 1. The molecular formula is C27H36FN3O. The summed E-state index contributed by atoms with van der Waals surface area (Å²) in [6.45, 7) is 9.26. The molecule has 2 aromatic carbocycles. The van der Waals surface area contributed by atoms with Crippen LogP contribution in [0.15, 0.2) is 48.5 Å². The molecule has 0 saturated carbocycles. The standard InChI is InChI=1S/C27H36FN3O/c1-20-4-3-15-31(18-20)26-11-7-23(8-12-26)21(2)29-27(32)24-13-16-30(17-14-24)19-22-5-9-25(28)10-6-22/h5-12,20-21,24H,3-4,13-19H2,1-2H3,(H,29,32)/t20-,21-/m1/s1. The molecule has 5 heteroatoms. The molecule has 0 aromatic heterocycles. The first-order chi connectivity index (χ1) is 15.5. The van der Waals surface area contributed by atoms with E-state index in [0.29, 0.717) is 0 Å². The van der Waals surface area contributed by atoms with Crippen molar-refractivity contribution in [2.24, 2.45) is 11.8 Å². The number of rotatable bonds is 6. The highest BCUT2D eigenvalue weighted by atomic mass is 19.1. The predicted octanol–water partition coefficient (Wildman–Crippen LogP) is 5.15. The zero-order chi connectivity index (χ0) is 22.5. The van der Waals surface area contributed by atoms with Gasteiger partial charge in [-0.3, -0.25) is 9.69 Å². The highest BCUT2D eigenvalue weighted by molar-refractivity contribution is 5.79. The van der Waals surface area contributed by atoms with Gasteiger partial charge in [0.15, 0.2) is 0 Å². The van der Waals surface area contributed by atoms with Crippen LogP contribution in [0, 0.1) is 17.7 Å². The lowest BCUT2D eigenvalue weighted by atomic mass is 9.94. The number of halogens is 1. The average Bonchev–Trinajstić information content (AvgIpc) is 2.81. The Morgan fingerprint density at radius 3 is 2.38 bits per heavy atom. The molecule has 1 N–H and O–H groups in total. The number of carbonyl (C=O) groups is 1. The van der Waals surface area contributed by atoms with Crippen LogP contribution in [0.5, 0.6) is 0 Å². The van der Waals surface area contributed by atoms with Gasteiger partial charge in [-0.25, -0.2) is 4.39 Å². The maximum Gasteiger partial charge on any atom is 0.223 e. The second kappa shape index (κ2) is 10.5. The van der Waals surface area contributed by atoms with Crippen molar-refractivity contribution in [1.82, 2.24) is 10.2 Å². The lowest BCUT2D eigenvalue weighted by Crippen LogP contribution is -2.40. The largest absolute Gasteiger partial charge is 0.371 e. The Bertz CT molecular complexity index is 875. The number of nitrogens with one attached hydrogen (secondary N) is 1. The van der Waals surface area contributed by atoms with Crippen molar-refractivity contribution in [1.29, 1.82) is 0 Å². The molecule has 172 valence electrons. The molecule has 0 spiro atoms. The summed E-state index contributed by atoms with van der Waals surface area (Å²) >= 11 is 0. The molecule has 4 rings (SSSR count). The van der Waals surface area contributed by atoms with Gasteiger partial charge in [-0.05, 0) is 87.0 Å². The van der Waals surface area contributed by atoms with Gasteiger partial charge < -0.3 is 10.2 Å². The molecule has 2 aromatic rings. The van der Waals surface area contributed by atoms with Crippen molar-refractivity contribution in [2.75, 3.05) is 31.1 Å². The second-order valence-electron chi connectivity index (χ2n) is 9.69. The number of benzene rings is 2. The summed E-state index contributed by atoms with van der Waals surface area (Å²) in [5.74, 6) is 0.779. The van der Waals surface area contributed by atoms with E-state index in [1.165, 1.54) is 30.7 Å². The van der Waals surface area contributed by atoms with E-state index in [-0.39, 0.29) is 23.7 Å². The third-order valence-electron chi connectivity index (χ3n) is 7.05. The van der Waals surface area contributed by atoms with Crippen LogP contribution in [-0.4, -0.2) is 37.0 Å². The van der Waals surface area contributed by atoms with Gasteiger partial charge in [-0.2, -0.15) is 0 Å². The second-order valence-corrected chi connectivity index (χ2v) is 9.69. The minimum atomic E-state index is -0.200. The number of nitrogens with zero attached hydrogens (tertiary/aromatic N) is 2. The van der Waals surface area contributed by atoms with Crippen LogP contribution < -0.4 is 10.2 Å². The van der Waals surface area contributed by atoms with Gasteiger partial charge in [0.2, 0.25) is 5.91 Å². The molecule has 2 heterocycles. The fraction of sp³-hybridized carbons (Fsp3) is 0.519. The molecule has 0 radical (unpaired) electrons. The molecule has 2 saturated heterocycles. The van der Waals surface area contributed by atoms with Gasteiger partial charge >= 0.3 is 0 Å². The topological polar surface area (TPSA) is 35.6 Å². The summed E-state index contributed by atoms with van der Waals surface area (Å²) < 4.78 is 13.1. The minimum Gasteiger partial charge on any atom is -0.371 e. The van der Waals surface area contributed by atoms with Crippen LogP contribution in [0.2, 0.25) is 0 Å². The van der Waals surface area contributed by atoms with E-state index in [1.54, 1.807) is 0 Å². The van der Waals surface area contributed by atoms with Gasteiger partial charge in [-0.15, -0.1) is 0 Å². The quantitative estimate of drug-likeness (QED) is 0.679. The molecule has 2 aliphatic rings. The fourth-order valence-electron chi connectivity index (χ4n) is 5.01. The normalized spacial score (nSPS) is 21.3. The third kappa shape index (κ3) is 5.89. The lowest BCUT2D eigenvalue weighted by Gasteiger charge is -2.33. The Kier molecular flexibility index (Phi) is 7.46. The summed E-state index contributed by atoms with van der Waals surface area (Å²) in [4.78, 5) is 17.7. The highest BCUT2D eigenvalue weighted by Crippen LogP contribution is 2.25. The molecule has 0 aliphatic carbocycles. The van der Waals surface area contributed by atoms with E-state index in [2.05, 4.69) is 53.2 Å². The first kappa shape index (κ1) is 22.8. The van der Waals surface area contributed by atoms with Gasteiger partial charge in [0.05, 0.1) is 6.04 Å². The van der Waals surface area contributed by atoms with Crippen molar-refractivity contribution in [3.05, 3.63) is 65.5 Å². The molecule has 2 atom stereocenters. The summed E-state index contributed by atoms with van der Waals surface area (Å²) in [7, 11) is 0. The van der Waals surface area contributed by atoms with Crippen molar-refractivity contribution in [3.63, 3.8) is 0 Å². The van der Waals surface area contributed by atoms with E-state index < -0.39 is 0 Å².